The van der Waals surface area contributed by atoms with E-state index in [9.17, 15) is 5.11 Å². The second-order valence-electron chi connectivity index (χ2n) is 4.06. The van der Waals surface area contributed by atoms with Crippen LogP contribution in [0.2, 0.25) is 0 Å². The first-order chi connectivity index (χ1) is 7.65. The number of aromatic nitrogens is 1. The fourth-order valence-electron chi connectivity index (χ4n) is 1.56. The summed E-state index contributed by atoms with van der Waals surface area (Å²) in [6.45, 7) is 5.17. The van der Waals surface area contributed by atoms with E-state index >= 15 is 0 Å². The maximum absolute atomic E-state index is 9.44. The number of nitrogens with zero attached hydrogens (tertiary/aromatic N) is 1. The summed E-state index contributed by atoms with van der Waals surface area (Å²) in [7, 11) is 0. The van der Waals surface area contributed by atoms with Crippen molar-refractivity contribution in [2.45, 2.75) is 26.7 Å². The van der Waals surface area contributed by atoms with E-state index in [1.165, 1.54) is 0 Å². The predicted octanol–water partition coefficient (Wildman–Crippen LogP) is 3.05. The Labute approximate surface area is 105 Å². The van der Waals surface area contributed by atoms with Crippen molar-refractivity contribution in [3.63, 3.8) is 0 Å². The van der Waals surface area contributed by atoms with Crippen LogP contribution in [-0.4, -0.2) is 23.2 Å². The second kappa shape index (κ2) is 6.21. The Hall–Kier alpha value is -0.610. The quantitative estimate of drug-likeness (QED) is 0.790. The number of hydrogen-bond acceptors (Lipinski definition) is 3. The van der Waals surface area contributed by atoms with Crippen molar-refractivity contribution >= 4 is 21.7 Å². The molecule has 0 amide bonds. The van der Waals surface area contributed by atoms with Gasteiger partial charge in [0.25, 0.3) is 0 Å². The van der Waals surface area contributed by atoms with E-state index in [2.05, 4.69) is 40.1 Å². The minimum atomic E-state index is -0.0377. The van der Waals surface area contributed by atoms with Gasteiger partial charge in [-0.2, -0.15) is 0 Å². The lowest BCUT2D eigenvalue weighted by molar-refractivity contribution is 0.127. The molecule has 0 fully saturated rings. The van der Waals surface area contributed by atoms with E-state index in [0.29, 0.717) is 0 Å². The maximum Gasteiger partial charge on any atom is 0.127 e. The number of aliphatic hydroxyl groups is 1. The van der Waals surface area contributed by atoms with Crippen molar-refractivity contribution in [1.29, 1.82) is 0 Å². The van der Waals surface area contributed by atoms with E-state index in [4.69, 9.17) is 0 Å². The summed E-state index contributed by atoms with van der Waals surface area (Å²) in [4.78, 5) is 4.30. The van der Waals surface area contributed by atoms with Crippen LogP contribution in [0.4, 0.5) is 5.82 Å². The zero-order valence-corrected chi connectivity index (χ0v) is 11.4. The van der Waals surface area contributed by atoms with Crippen LogP contribution in [0.1, 0.15) is 26.7 Å². The van der Waals surface area contributed by atoms with Crippen molar-refractivity contribution in [3.8, 4) is 0 Å². The van der Waals surface area contributed by atoms with Gasteiger partial charge < -0.3 is 10.4 Å². The van der Waals surface area contributed by atoms with Gasteiger partial charge in [0, 0.05) is 12.0 Å². The molecule has 4 heteroatoms. The minimum absolute atomic E-state index is 0.0377. The number of halogens is 1. The first-order valence-corrected chi connectivity index (χ1v) is 6.42. The van der Waals surface area contributed by atoms with Gasteiger partial charge in [0.2, 0.25) is 0 Å². The largest absolute Gasteiger partial charge is 0.396 e. The molecular formula is C12H19BrN2O. The van der Waals surface area contributed by atoms with Crippen LogP contribution in [0.3, 0.4) is 0 Å². The highest BCUT2D eigenvalue weighted by molar-refractivity contribution is 9.10. The molecule has 0 aliphatic heterocycles. The molecule has 0 bridgehead atoms. The van der Waals surface area contributed by atoms with Crippen molar-refractivity contribution in [2.24, 2.45) is 5.41 Å². The zero-order valence-electron chi connectivity index (χ0n) is 9.83. The summed E-state index contributed by atoms with van der Waals surface area (Å²) in [5.41, 5.74) is -0.0377. The highest BCUT2D eigenvalue weighted by Crippen LogP contribution is 2.25. The van der Waals surface area contributed by atoms with E-state index < -0.39 is 0 Å². The number of hydrogen-bond donors (Lipinski definition) is 2. The number of rotatable bonds is 6. The van der Waals surface area contributed by atoms with Gasteiger partial charge in [-0.15, -0.1) is 0 Å². The molecular weight excluding hydrogens is 268 g/mol. The highest BCUT2D eigenvalue weighted by atomic mass is 79.9. The van der Waals surface area contributed by atoms with Gasteiger partial charge in [-0.05, 0) is 40.9 Å². The van der Waals surface area contributed by atoms with Crippen LogP contribution in [0.25, 0.3) is 0 Å². The summed E-state index contributed by atoms with van der Waals surface area (Å²) in [6.07, 6.45) is 1.92. The molecule has 0 aromatic carbocycles. The third-order valence-corrected chi connectivity index (χ3v) is 3.64. The summed E-state index contributed by atoms with van der Waals surface area (Å²) < 4.78 is 0.820. The first kappa shape index (κ1) is 13.5. The normalized spacial score (nSPS) is 11.5. The lowest BCUT2D eigenvalue weighted by atomic mass is 9.83. The Morgan fingerprint density at radius 3 is 2.56 bits per heavy atom. The van der Waals surface area contributed by atoms with Gasteiger partial charge in [-0.25, -0.2) is 4.98 Å². The van der Waals surface area contributed by atoms with Gasteiger partial charge in [0.05, 0.1) is 6.61 Å². The van der Waals surface area contributed by atoms with E-state index in [1.807, 2.05) is 18.2 Å². The summed E-state index contributed by atoms with van der Waals surface area (Å²) in [6, 6.07) is 5.76. The van der Waals surface area contributed by atoms with Crippen LogP contribution in [-0.2, 0) is 0 Å². The first-order valence-electron chi connectivity index (χ1n) is 5.63. The van der Waals surface area contributed by atoms with E-state index in [1.54, 1.807) is 0 Å². The lowest BCUT2D eigenvalue weighted by Gasteiger charge is -2.29. The average Bonchev–Trinajstić information content (AvgIpc) is 2.32. The second-order valence-corrected chi connectivity index (χ2v) is 4.88. The molecule has 2 N–H and O–H groups in total. The predicted molar refractivity (Wildman–Crippen MR) is 70.5 cm³/mol. The Morgan fingerprint density at radius 1 is 1.38 bits per heavy atom. The van der Waals surface area contributed by atoms with Gasteiger partial charge in [0.15, 0.2) is 0 Å². The van der Waals surface area contributed by atoms with Crippen LogP contribution in [0, 0.1) is 5.41 Å². The van der Waals surface area contributed by atoms with Gasteiger partial charge in [-0.3, -0.25) is 0 Å². The van der Waals surface area contributed by atoms with Crippen molar-refractivity contribution in [3.05, 3.63) is 22.8 Å². The molecule has 0 aliphatic rings. The molecule has 0 spiro atoms. The molecule has 0 unspecified atom stereocenters. The standard InChI is InChI=1S/C12H19BrN2O/c1-3-12(4-2,9-16)8-14-11-7-5-6-10(13)15-11/h5-7,16H,3-4,8-9H2,1-2H3,(H,14,15). The third-order valence-electron chi connectivity index (χ3n) is 3.20. The molecule has 16 heavy (non-hydrogen) atoms. The molecule has 0 radical (unpaired) electrons. The summed E-state index contributed by atoms with van der Waals surface area (Å²) in [5, 5.41) is 12.7. The zero-order chi connectivity index (χ0) is 12.0. The Balaban J connectivity index is 2.62. The molecule has 0 saturated carbocycles. The number of aliphatic hydroxyl groups excluding tert-OH is 1. The molecule has 0 aliphatic carbocycles. The molecule has 1 aromatic heterocycles. The summed E-state index contributed by atoms with van der Waals surface area (Å²) in [5.74, 6) is 0.842. The van der Waals surface area contributed by atoms with Crippen LogP contribution in [0.5, 0.6) is 0 Å². The van der Waals surface area contributed by atoms with E-state index in [-0.39, 0.29) is 12.0 Å². The molecule has 0 saturated heterocycles. The maximum atomic E-state index is 9.44. The molecule has 1 heterocycles. The lowest BCUT2D eigenvalue weighted by Crippen LogP contribution is -2.32. The van der Waals surface area contributed by atoms with Crippen molar-refractivity contribution < 1.29 is 5.11 Å². The monoisotopic (exact) mass is 286 g/mol. The minimum Gasteiger partial charge on any atom is -0.396 e. The molecule has 0 atom stereocenters. The Morgan fingerprint density at radius 2 is 2.06 bits per heavy atom. The van der Waals surface area contributed by atoms with Crippen molar-refractivity contribution in [2.75, 3.05) is 18.5 Å². The fourth-order valence-corrected chi connectivity index (χ4v) is 1.91. The number of anilines is 1. The van der Waals surface area contributed by atoms with Gasteiger partial charge >= 0.3 is 0 Å². The van der Waals surface area contributed by atoms with Gasteiger partial charge in [0.1, 0.15) is 10.4 Å². The van der Waals surface area contributed by atoms with Crippen LogP contribution < -0.4 is 5.32 Å². The van der Waals surface area contributed by atoms with Crippen LogP contribution in [0.15, 0.2) is 22.8 Å². The Bertz CT molecular complexity index is 318. The molecule has 1 aromatic rings. The average molecular weight is 287 g/mol. The third kappa shape index (κ3) is 3.46. The smallest absolute Gasteiger partial charge is 0.127 e. The Kier molecular flexibility index (Phi) is 5.22. The number of nitrogens with one attached hydrogen (secondary N) is 1. The fraction of sp³-hybridized carbons (Fsp3) is 0.583. The molecule has 1 rings (SSSR count). The summed E-state index contributed by atoms with van der Waals surface area (Å²) >= 11 is 3.33. The highest BCUT2D eigenvalue weighted by Gasteiger charge is 2.24. The van der Waals surface area contributed by atoms with Crippen molar-refractivity contribution in [1.82, 2.24) is 4.98 Å². The topological polar surface area (TPSA) is 45.1 Å². The molecule has 90 valence electrons. The van der Waals surface area contributed by atoms with Gasteiger partial charge in [-0.1, -0.05) is 19.9 Å². The molecule has 3 nitrogen and oxygen atoms in total. The van der Waals surface area contributed by atoms with Crippen LogP contribution >= 0.6 is 15.9 Å². The van der Waals surface area contributed by atoms with E-state index in [0.717, 1.165) is 29.8 Å². The SMILES string of the molecule is CCC(CC)(CO)CNc1cccc(Br)n1. The number of pyridine rings is 1.